The number of furan rings is 1. The van der Waals surface area contributed by atoms with Crippen LogP contribution < -0.4 is 0 Å². The van der Waals surface area contributed by atoms with E-state index >= 15 is 0 Å². The third-order valence-corrected chi connectivity index (χ3v) is 2.77. The van der Waals surface area contributed by atoms with Crippen LogP contribution in [0.4, 0.5) is 0 Å². The van der Waals surface area contributed by atoms with E-state index in [0.717, 1.165) is 22.6 Å². The highest BCUT2D eigenvalue weighted by atomic mass is 35.5. The highest BCUT2D eigenvalue weighted by Gasteiger charge is 2.20. The molecular formula is C11H13ClN2O2. The van der Waals surface area contributed by atoms with Crippen LogP contribution in [-0.2, 0) is 0 Å². The standard InChI is InChI=1S/C11H13ClN2O2/c1-5-7(3)15-8(4)9(5)11-13-10(6(2)12)14-16-11/h6H,1-4H3. The summed E-state index contributed by atoms with van der Waals surface area (Å²) < 4.78 is 10.7. The Kier molecular flexibility index (Phi) is 2.76. The number of hydrogen-bond acceptors (Lipinski definition) is 4. The Balaban J connectivity index is 2.50. The van der Waals surface area contributed by atoms with E-state index < -0.39 is 0 Å². The molecule has 5 heteroatoms. The second-order valence-corrected chi connectivity index (χ2v) is 4.44. The number of aryl methyl sites for hydroxylation is 2. The van der Waals surface area contributed by atoms with Gasteiger partial charge in [0.05, 0.1) is 10.9 Å². The molecule has 2 aromatic heterocycles. The molecule has 4 nitrogen and oxygen atoms in total. The maximum Gasteiger partial charge on any atom is 0.261 e. The molecule has 2 rings (SSSR count). The van der Waals surface area contributed by atoms with Gasteiger partial charge >= 0.3 is 0 Å². The fourth-order valence-electron chi connectivity index (χ4n) is 1.61. The minimum atomic E-state index is -0.258. The van der Waals surface area contributed by atoms with Gasteiger partial charge in [-0.25, -0.2) is 0 Å². The lowest BCUT2D eigenvalue weighted by atomic mass is 10.1. The summed E-state index contributed by atoms with van der Waals surface area (Å²) in [6.45, 7) is 7.56. The van der Waals surface area contributed by atoms with Crippen molar-refractivity contribution in [3.8, 4) is 11.5 Å². The van der Waals surface area contributed by atoms with Crippen molar-refractivity contribution in [3.05, 3.63) is 22.9 Å². The lowest BCUT2D eigenvalue weighted by Gasteiger charge is -1.92. The third kappa shape index (κ3) is 1.73. The molecular weight excluding hydrogens is 228 g/mol. The maximum atomic E-state index is 5.88. The summed E-state index contributed by atoms with van der Waals surface area (Å²) in [6, 6.07) is 0. The summed E-state index contributed by atoms with van der Waals surface area (Å²) in [5.74, 6) is 2.61. The number of nitrogens with zero attached hydrogens (tertiary/aromatic N) is 2. The Morgan fingerprint density at radius 1 is 1.19 bits per heavy atom. The lowest BCUT2D eigenvalue weighted by Crippen LogP contribution is -1.87. The predicted octanol–water partition coefficient (Wildman–Crippen LogP) is 3.55. The van der Waals surface area contributed by atoms with Gasteiger partial charge in [-0.05, 0) is 27.7 Å². The lowest BCUT2D eigenvalue weighted by molar-refractivity contribution is 0.421. The van der Waals surface area contributed by atoms with Gasteiger partial charge in [0.15, 0.2) is 5.82 Å². The Morgan fingerprint density at radius 3 is 2.31 bits per heavy atom. The first-order valence-electron chi connectivity index (χ1n) is 5.05. The molecule has 1 atom stereocenters. The summed E-state index contributed by atoms with van der Waals surface area (Å²) in [7, 11) is 0. The van der Waals surface area contributed by atoms with Gasteiger partial charge in [-0.3, -0.25) is 0 Å². The van der Waals surface area contributed by atoms with Crippen molar-refractivity contribution >= 4 is 11.6 Å². The molecule has 0 aliphatic rings. The summed E-state index contributed by atoms with van der Waals surface area (Å²) >= 11 is 5.88. The van der Waals surface area contributed by atoms with Gasteiger partial charge in [-0.2, -0.15) is 4.98 Å². The fraction of sp³-hybridized carbons (Fsp3) is 0.455. The van der Waals surface area contributed by atoms with Crippen LogP contribution >= 0.6 is 11.6 Å². The summed E-state index contributed by atoms with van der Waals surface area (Å²) in [5.41, 5.74) is 1.89. The number of halogens is 1. The molecule has 0 fully saturated rings. The van der Waals surface area contributed by atoms with Crippen LogP contribution in [0.15, 0.2) is 8.94 Å². The van der Waals surface area contributed by atoms with Crippen molar-refractivity contribution in [3.63, 3.8) is 0 Å². The van der Waals surface area contributed by atoms with Gasteiger partial charge in [0.1, 0.15) is 11.5 Å². The van der Waals surface area contributed by atoms with E-state index in [4.69, 9.17) is 20.5 Å². The van der Waals surface area contributed by atoms with Crippen molar-refractivity contribution in [2.75, 3.05) is 0 Å². The van der Waals surface area contributed by atoms with E-state index in [1.807, 2.05) is 20.8 Å². The molecule has 2 heterocycles. The minimum Gasteiger partial charge on any atom is -0.466 e. The van der Waals surface area contributed by atoms with E-state index in [0.29, 0.717) is 11.7 Å². The van der Waals surface area contributed by atoms with E-state index in [2.05, 4.69) is 10.1 Å². The van der Waals surface area contributed by atoms with E-state index in [1.54, 1.807) is 6.92 Å². The van der Waals surface area contributed by atoms with Crippen LogP contribution in [0, 0.1) is 20.8 Å². The maximum absolute atomic E-state index is 5.88. The molecule has 0 saturated carbocycles. The van der Waals surface area contributed by atoms with Gasteiger partial charge in [0, 0.05) is 5.56 Å². The monoisotopic (exact) mass is 240 g/mol. The summed E-state index contributed by atoms with van der Waals surface area (Å²) in [5, 5.41) is 3.57. The first kappa shape index (κ1) is 11.2. The van der Waals surface area contributed by atoms with Crippen molar-refractivity contribution < 1.29 is 8.94 Å². The minimum absolute atomic E-state index is 0.258. The topological polar surface area (TPSA) is 52.1 Å². The molecule has 0 amide bonds. The zero-order valence-corrected chi connectivity index (χ0v) is 10.4. The van der Waals surface area contributed by atoms with Crippen LogP contribution in [0.3, 0.4) is 0 Å². The molecule has 0 N–H and O–H groups in total. The van der Waals surface area contributed by atoms with Gasteiger partial charge in [-0.1, -0.05) is 5.16 Å². The van der Waals surface area contributed by atoms with Crippen molar-refractivity contribution in [2.24, 2.45) is 0 Å². The first-order chi connectivity index (χ1) is 7.50. The number of hydrogen-bond donors (Lipinski definition) is 0. The molecule has 0 bridgehead atoms. The Labute approximate surface area is 98.6 Å². The van der Waals surface area contributed by atoms with Gasteiger partial charge in [-0.15, -0.1) is 11.6 Å². The van der Waals surface area contributed by atoms with Crippen molar-refractivity contribution in [1.29, 1.82) is 0 Å². The molecule has 0 aromatic carbocycles. The van der Waals surface area contributed by atoms with E-state index in [-0.39, 0.29) is 5.38 Å². The SMILES string of the molecule is Cc1oc(C)c(-c2nc(C(C)Cl)no2)c1C. The molecule has 1 unspecified atom stereocenters. The average Bonchev–Trinajstić information content (AvgIpc) is 2.74. The molecule has 0 spiro atoms. The number of alkyl halides is 1. The Hall–Kier alpha value is -1.29. The molecule has 2 aromatic rings. The summed E-state index contributed by atoms with van der Waals surface area (Å²) in [4.78, 5) is 4.25. The van der Waals surface area contributed by atoms with Gasteiger partial charge < -0.3 is 8.94 Å². The van der Waals surface area contributed by atoms with Crippen LogP contribution in [0.2, 0.25) is 0 Å². The van der Waals surface area contributed by atoms with Crippen LogP contribution in [0.1, 0.15) is 35.2 Å². The number of rotatable bonds is 2. The van der Waals surface area contributed by atoms with Crippen molar-refractivity contribution in [1.82, 2.24) is 10.1 Å². The number of aromatic nitrogens is 2. The van der Waals surface area contributed by atoms with Gasteiger partial charge in [0.25, 0.3) is 5.89 Å². The molecule has 0 saturated heterocycles. The molecule has 0 aliphatic carbocycles. The third-order valence-electron chi connectivity index (χ3n) is 2.57. The largest absolute Gasteiger partial charge is 0.466 e. The average molecular weight is 241 g/mol. The van der Waals surface area contributed by atoms with E-state index in [9.17, 15) is 0 Å². The molecule has 16 heavy (non-hydrogen) atoms. The van der Waals surface area contributed by atoms with Gasteiger partial charge in [0.2, 0.25) is 0 Å². The predicted molar refractivity (Wildman–Crippen MR) is 60.5 cm³/mol. The fourth-order valence-corrected chi connectivity index (χ4v) is 1.69. The summed E-state index contributed by atoms with van der Waals surface area (Å²) in [6.07, 6.45) is 0. The highest BCUT2D eigenvalue weighted by Crippen LogP contribution is 2.31. The smallest absolute Gasteiger partial charge is 0.261 e. The van der Waals surface area contributed by atoms with Crippen LogP contribution in [-0.4, -0.2) is 10.1 Å². The normalized spacial score (nSPS) is 13.1. The Morgan fingerprint density at radius 2 is 1.88 bits per heavy atom. The highest BCUT2D eigenvalue weighted by molar-refractivity contribution is 6.20. The molecule has 0 radical (unpaired) electrons. The second kappa shape index (κ2) is 3.94. The molecule has 0 aliphatic heterocycles. The quantitative estimate of drug-likeness (QED) is 0.754. The van der Waals surface area contributed by atoms with Crippen LogP contribution in [0.5, 0.6) is 0 Å². The first-order valence-corrected chi connectivity index (χ1v) is 5.49. The molecule has 86 valence electrons. The van der Waals surface area contributed by atoms with E-state index in [1.165, 1.54) is 0 Å². The van der Waals surface area contributed by atoms with Crippen molar-refractivity contribution in [2.45, 2.75) is 33.1 Å². The zero-order chi connectivity index (χ0) is 11.9. The van der Waals surface area contributed by atoms with Crippen LogP contribution in [0.25, 0.3) is 11.5 Å². The Bertz CT molecular complexity index is 514. The zero-order valence-electron chi connectivity index (χ0n) is 9.67. The second-order valence-electron chi connectivity index (χ2n) is 3.79.